The molecule has 1 aliphatic rings. The molecule has 0 aliphatic carbocycles. The first-order valence-electron chi connectivity index (χ1n) is 6.30. The fourth-order valence-corrected chi connectivity index (χ4v) is 1.81. The molecule has 0 atom stereocenters. The zero-order chi connectivity index (χ0) is 14.9. The molecule has 2 rings (SSSR count). The molecule has 0 unspecified atom stereocenters. The number of carboxylic acids is 1. The van der Waals surface area contributed by atoms with E-state index >= 15 is 0 Å². The number of hydrogen-bond acceptors (Lipinski definition) is 5. The van der Waals surface area contributed by atoms with E-state index in [0.717, 1.165) is 0 Å². The van der Waals surface area contributed by atoms with Crippen LogP contribution < -0.4 is 0 Å². The fourth-order valence-electron chi connectivity index (χ4n) is 1.81. The molecular weight excluding hydrogens is 262 g/mol. The molecule has 1 amide bonds. The Morgan fingerprint density at radius 3 is 2.60 bits per heavy atom. The fraction of sp³-hybridized carbons (Fsp3) is 0.538. The summed E-state index contributed by atoms with van der Waals surface area (Å²) in [5, 5.41) is 8.87. The Labute approximate surface area is 116 Å². The Morgan fingerprint density at radius 2 is 2.05 bits per heavy atom. The molecule has 1 aromatic rings. The molecule has 1 aromatic heterocycles. The third-order valence-corrected chi connectivity index (χ3v) is 2.79. The molecule has 0 aromatic carbocycles. The number of ether oxygens (including phenoxy) is 1. The van der Waals surface area contributed by atoms with Gasteiger partial charge in [-0.3, -0.25) is 0 Å². The molecule has 7 nitrogen and oxygen atoms in total. The summed E-state index contributed by atoms with van der Waals surface area (Å²) < 4.78 is 5.24. The summed E-state index contributed by atoms with van der Waals surface area (Å²) in [5.41, 5.74) is -0.562. The maximum Gasteiger partial charge on any atom is 0.410 e. The van der Waals surface area contributed by atoms with Crippen LogP contribution >= 0.6 is 0 Å². The van der Waals surface area contributed by atoms with E-state index in [1.165, 1.54) is 12.3 Å². The molecule has 0 radical (unpaired) electrons. The highest BCUT2D eigenvalue weighted by Gasteiger charge is 2.36. The molecule has 1 saturated heterocycles. The second-order valence-corrected chi connectivity index (χ2v) is 5.69. The van der Waals surface area contributed by atoms with Gasteiger partial charge in [0.05, 0.1) is 5.92 Å². The highest BCUT2D eigenvalue weighted by atomic mass is 16.6. The Hall–Kier alpha value is -2.18. The number of aromatic nitrogens is 2. The topological polar surface area (TPSA) is 92.6 Å². The van der Waals surface area contributed by atoms with Gasteiger partial charge in [0.15, 0.2) is 5.69 Å². The van der Waals surface area contributed by atoms with Crippen molar-refractivity contribution in [3.05, 3.63) is 23.8 Å². The summed E-state index contributed by atoms with van der Waals surface area (Å²) in [6.07, 6.45) is 1.05. The van der Waals surface area contributed by atoms with Gasteiger partial charge in [0.2, 0.25) is 0 Å². The van der Waals surface area contributed by atoms with E-state index in [-0.39, 0.29) is 17.7 Å². The normalized spacial score (nSPS) is 15.7. The Balaban J connectivity index is 1.95. The SMILES string of the molecule is CC(C)(C)OC(=O)N1CC(c2nccc(C(=O)O)n2)C1. The van der Waals surface area contributed by atoms with Gasteiger partial charge in [0.1, 0.15) is 11.4 Å². The van der Waals surface area contributed by atoms with Gasteiger partial charge in [-0.05, 0) is 26.8 Å². The van der Waals surface area contributed by atoms with Crippen molar-refractivity contribution in [2.75, 3.05) is 13.1 Å². The van der Waals surface area contributed by atoms with Gasteiger partial charge >= 0.3 is 12.1 Å². The largest absolute Gasteiger partial charge is 0.477 e. The minimum Gasteiger partial charge on any atom is -0.477 e. The Kier molecular flexibility index (Phi) is 3.61. The molecule has 0 spiro atoms. The predicted octanol–water partition coefficient (Wildman–Crippen LogP) is 1.51. The van der Waals surface area contributed by atoms with Gasteiger partial charge in [0, 0.05) is 19.3 Å². The predicted molar refractivity (Wildman–Crippen MR) is 69.5 cm³/mol. The van der Waals surface area contributed by atoms with E-state index in [1.54, 1.807) is 4.90 Å². The summed E-state index contributed by atoms with van der Waals surface area (Å²) in [6.45, 7) is 6.31. The number of likely N-dealkylation sites (tertiary alicyclic amines) is 1. The van der Waals surface area contributed by atoms with Crippen molar-refractivity contribution >= 4 is 12.1 Å². The van der Waals surface area contributed by atoms with Crippen LogP contribution in [-0.4, -0.2) is 50.7 Å². The lowest BCUT2D eigenvalue weighted by molar-refractivity contribution is 0.00744. The first-order valence-corrected chi connectivity index (χ1v) is 6.30. The maximum atomic E-state index is 11.8. The average Bonchev–Trinajstić information content (AvgIpc) is 2.24. The van der Waals surface area contributed by atoms with Crippen LogP contribution in [0.3, 0.4) is 0 Å². The number of carbonyl (C=O) groups excluding carboxylic acids is 1. The second-order valence-electron chi connectivity index (χ2n) is 5.69. The summed E-state index contributed by atoms with van der Waals surface area (Å²) in [6, 6.07) is 1.34. The number of carboxylic acid groups (broad SMARTS) is 1. The quantitative estimate of drug-likeness (QED) is 0.882. The van der Waals surface area contributed by atoms with E-state index in [1.807, 2.05) is 20.8 Å². The lowest BCUT2D eigenvalue weighted by atomic mass is 10.00. The van der Waals surface area contributed by atoms with E-state index in [2.05, 4.69) is 9.97 Å². The molecule has 20 heavy (non-hydrogen) atoms. The molecule has 1 N–H and O–H groups in total. The van der Waals surface area contributed by atoms with Crippen molar-refractivity contribution in [1.82, 2.24) is 14.9 Å². The van der Waals surface area contributed by atoms with Crippen LogP contribution in [0.15, 0.2) is 12.3 Å². The van der Waals surface area contributed by atoms with Gasteiger partial charge in [0.25, 0.3) is 0 Å². The molecule has 108 valence electrons. The minimum absolute atomic E-state index is 0.0364. The zero-order valence-corrected chi connectivity index (χ0v) is 11.7. The average molecular weight is 279 g/mol. The molecule has 1 fully saturated rings. The summed E-state index contributed by atoms with van der Waals surface area (Å²) in [4.78, 5) is 32.2. The third-order valence-electron chi connectivity index (χ3n) is 2.79. The standard InChI is InChI=1S/C13H17N3O4/c1-13(2,3)20-12(19)16-6-8(7-16)10-14-5-4-9(15-10)11(17)18/h4-5,8H,6-7H2,1-3H3,(H,17,18). The number of aromatic carboxylic acids is 1. The lowest BCUT2D eigenvalue weighted by Crippen LogP contribution is -2.50. The van der Waals surface area contributed by atoms with E-state index in [4.69, 9.17) is 9.84 Å². The highest BCUT2D eigenvalue weighted by Crippen LogP contribution is 2.26. The first kappa shape index (κ1) is 14.2. The van der Waals surface area contributed by atoms with Crippen LogP contribution in [0, 0.1) is 0 Å². The van der Waals surface area contributed by atoms with Crippen molar-refractivity contribution < 1.29 is 19.4 Å². The van der Waals surface area contributed by atoms with Gasteiger partial charge in [-0.2, -0.15) is 0 Å². The molecule has 1 aliphatic heterocycles. The van der Waals surface area contributed by atoms with Gasteiger partial charge < -0.3 is 14.7 Å². The smallest absolute Gasteiger partial charge is 0.410 e. The van der Waals surface area contributed by atoms with Crippen LogP contribution in [-0.2, 0) is 4.74 Å². The highest BCUT2D eigenvalue weighted by molar-refractivity contribution is 5.85. The van der Waals surface area contributed by atoms with Crippen molar-refractivity contribution in [2.45, 2.75) is 32.3 Å². The number of amides is 1. The van der Waals surface area contributed by atoms with Crippen LogP contribution in [0.25, 0.3) is 0 Å². The molecule has 0 saturated carbocycles. The van der Waals surface area contributed by atoms with E-state index in [9.17, 15) is 9.59 Å². The second kappa shape index (κ2) is 5.07. The maximum absolute atomic E-state index is 11.8. The minimum atomic E-state index is -1.09. The Morgan fingerprint density at radius 1 is 1.40 bits per heavy atom. The summed E-state index contributed by atoms with van der Waals surface area (Å²) in [7, 11) is 0. The molecule has 0 bridgehead atoms. The van der Waals surface area contributed by atoms with Crippen molar-refractivity contribution in [3.8, 4) is 0 Å². The number of rotatable bonds is 2. The molecular formula is C13H17N3O4. The van der Waals surface area contributed by atoms with E-state index in [0.29, 0.717) is 18.9 Å². The monoisotopic (exact) mass is 279 g/mol. The lowest BCUT2D eigenvalue weighted by Gasteiger charge is -2.38. The van der Waals surface area contributed by atoms with Crippen LogP contribution in [0.1, 0.15) is 43.0 Å². The van der Waals surface area contributed by atoms with E-state index < -0.39 is 11.6 Å². The Bertz CT molecular complexity index is 533. The van der Waals surface area contributed by atoms with Crippen molar-refractivity contribution in [1.29, 1.82) is 0 Å². The van der Waals surface area contributed by atoms with Crippen LogP contribution in [0.4, 0.5) is 4.79 Å². The summed E-state index contributed by atoms with van der Waals surface area (Å²) in [5.74, 6) is -0.677. The zero-order valence-electron chi connectivity index (χ0n) is 11.7. The van der Waals surface area contributed by atoms with Crippen LogP contribution in [0.5, 0.6) is 0 Å². The molecule has 2 heterocycles. The van der Waals surface area contributed by atoms with Crippen molar-refractivity contribution in [3.63, 3.8) is 0 Å². The van der Waals surface area contributed by atoms with Crippen molar-refractivity contribution in [2.24, 2.45) is 0 Å². The number of carbonyl (C=O) groups is 2. The third kappa shape index (κ3) is 3.23. The first-order chi connectivity index (χ1) is 9.26. The molecule has 7 heteroatoms. The van der Waals surface area contributed by atoms with Crippen LogP contribution in [0.2, 0.25) is 0 Å². The van der Waals surface area contributed by atoms with Gasteiger partial charge in [-0.25, -0.2) is 19.6 Å². The number of nitrogens with zero attached hydrogens (tertiary/aromatic N) is 3. The summed E-state index contributed by atoms with van der Waals surface area (Å²) >= 11 is 0. The number of hydrogen-bond donors (Lipinski definition) is 1. The van der Waals surface area contributed by atoms with Gasteiger partial charge in [-0.1, -0.05) is 0 Å². The van der Waals surface area contributed by atoms with Gasteiger partial charge in [-0.15, -0.1) is 0 Å².